The largest absolute Gasteiger partial charge is 0.357 e. The molecule has 0 saturated heterocycles. The fourth-order valence-electron chi connectivity index (χ4n) is 0.946. The van der Waals surface area contributed by atoms with Gasteiger partial charge in [-0.25, -0.2) is 0 Å². The lowest BCUT2D eigenvalue weighted by atomic mass is 10.2. The van der Waals surface area contributed by atoms with Gasteiger partial charge in [0, 0.05) is 18.6 Å². The summed E-state index contributed by atoms with van der Waals surface area (Å²) in [5, 5.41) is 7.83. The Labute approximate surface area is 101 Å². The molecular formula is C8H17N3O2S2. The van der Waals surface area contributed by atoms with E-state index in [1.54, 1.807) is 7.05 Å². The van der Waals surface area contributed by atoms with Crippen molar-refractivity contribution in [2.24, 2.45) is 0 Å². The number of carbonyl (C=O) groups is 2. The fourth-order valence-corrected chi connectivity index (χ4v) is 1.55. The monoisotopic (exact) mass is 251 g/mol. The van der Waals surface area contributed by atoms with Crippen molar-refractivity contribution in [3.63, 3.8) is 0 Å². The van der Waals surface area contributed by atoms with E-state index in [0.29, 0.717) is 5.75 Å². The van der Waals surface area contributed by atoms with Crippen LogP contribution >= 0.6 is 25.3 Å². The molecule has 0 saturated carbocycles. The van der Waals surface area contributed by atoms with Gasteiger partial charge in [0.05, 0.1) is 6.04 Å². The summed E-state index contributed by atoms with van der Waals surface area (Å²) in [5.41, 5.74) is 0. The average Bonchev–Trinajstić information content (AvgIpc) is 2.26. The second-order valence-electron chi connectivity index (χ2n) is 2.88. The number of likely N-dealkylation sites (N-methyl/N-ethyl adjacent to an activating group) is 2. The summed E-state index contributed by atoms with van der Waals surface area (Å²) in [6.45, 7) is 0. The van der Waals surface area contributed by atoms with E-state index in [0.717, 1.165) is 0 Å². The van der Waals surface area contributed by atoms with E-state index in [1.165, 1.54) is 7.05 Å². The lowest BCUT2D eigenvalue weighted by Crippen LogP contribution is -2.53. The number of thiol groups is 2. The van der Waals surface area contributed by atoms with E-state index in [-0.39, 0.29) is 17.6 Å². The van der Waals surface area contributed by atoms with Crippen molar-refractivity contribution < 1.29 is 9.59 Å². The summed E-state index contributed by atoms with van der Waals surface area (Å²) in [7, 11) is 3.18. The van der Waals surface area contributed by atoms with Crippen LogP contribution in [-0.4, -0.2) is 49.5 Å². The summed E-state index contributed by atoms with van der Waals surface area (Å²) >= 11 is 8.01. The van der Waals surface area contributed by atoms with E-state index in [4.69, 9.17) is 0 Å². The van der Waals surface area contributed by atoms with Crippen molar-refractivity contribution in [1.29, 1.82) is 0 Å². The lowest BCUT2D eigenvalue weighted by molar-refractivity contribution is -0.128. The Kier molecular flexibility index (Phi) is 7.63. The van der Waals surface area contributed by atoms with E-state index in [1.807, 2.05) is 0 Å². The second-order valence-corrected chi connectivity index (χ2v) is 3.61. The molecule has 88 valence electrons. The van der Waals surface area contributed by atoms with Crippen LogP contribution in [0.4, 0.5) is 0 Å². The predicted octanol–water partition coefficient (Wildman–Crippen LogP) is -1.34. The van der Waals surface area contributed by atoms with Gasteiger partial charge >= 0.3 is 0 Å². The van der Waals surface area contributed by atoms with Gasteiger partial charge in [0.1, 0.15) is 6.04 Å². The minimum Gasteiger partial charge on any atom is -0.357 e. The minimum atomic E-state index is -0.610. The highest BCUT2D eigenvalue weighted by molar-refractivity contribution is 7.80. The van der Waals surface area contributed by atoms with Crippen molar-refractivity contribution in [2.45, 2.75) is 12.1 Å². The number of hydrogen-bond donors (Lipinski definition) is 5. The van der Waals surface area contributed by atoms with Gasteiger partial charge in [0.25, 0.3) is 0 Å². The van der Waals surface area contributed by atoms with Gasteiger partial charge in [-0.1, -0.05) is 0 Å². The first kappa shape index (κ1) is 14.6. The zero-order valence-corrected chi connectivity index (χ0v) is 10.6. The van der Waals surface area contributed by atoms with E-state index >= 15 is 0 Å². The molecule has 0 heterocycles. The Balaban J connectivity index is 4.29. The third kappa shape index (κ3) is 4.76. The van der Waals surface area contributed by atoms with Crippen molar-refractivity contribution in [2.75, 3.05) is 25.6 Å². The molecule has 0 bridgehead atoms. The number of amides is 2. The molecule has 0 aromatic rings. The quantitative estimate of drug-likeness (QED) is 0.380. The molecule has 0 aromatic carbocycles. The zero-order valence-electron chi connectivity index (χ0n) is 8.78. The smallest absolute Gasteiger partial charge is 0.243 e. The topological polar surface area (TPSA) is 70.2 Å². The second kappa shape index (κ2) is 7.84. The Hall–Kier alpha value is -0.400. The summed E-state index contributed by atoms with van der Waals surface area (Å²) < 4.78 is 0. The predicted molar refractivity (Wildman–Crippen MR) is 66.6 cm³/mol. The molecule has 0 aliphatic heterocycles. The summed E-state index contributed by atoms with van der Waals surface area (Å²) in [6, 6.07) is -1.01. The third-order valence-electron chi connectivity index (χ3n) is 1.91. The van der Waals surface area contributed by atoms with Crippen LogP contribution in [0.2, 0.25) is 0 Å². The Bertz CT molecular complexity index is 222. The van der Waals surface area contributed by atoms with Crippen LogP contribution in [0.15, 0.2) is 0 Å². The molecule has 0 aliphatic carbocycles. The average molecular weight is 251 g/mol. The van der Waals surface area contributed by atoms with Gasteiger partial charge in [-0.05, 0) is 7.05 Å². The number of nitrogens with one attached hydrogen (secondary N) is 3. The third-order valence-corrected chi connectivity index (χ3v) is 2.64. The van der Waals surface area contributed by atoms with Gasteiger partial charge in [-0.3, -0.25) is 9.59 Å². The van der Waals surface area contributed by atoms with Crippen LogP contribution in [0.5, 0.6) is 0 Å². The normalized spacial score (nSPS) is 14.1. The number of rotatable bonds is 6. The van der Waals surface area contributed by atoms with Gasteiger partial charge < -0.3 is 16.0 Å². The van der Waals surface area contributed by atoms with Crippen LogP contribution in [0.3, 0.4) is 0 Å². The molecule has 0 fully saturated rings. The van der Waals surface area contributed by atoms with Crippen LogP contribution in [-0.2, 0) is 9.59 Å². The first-order valence-corrected chi connectivity index (χ1v) is 5.78. The van der Waals surface area contributed by atoms with Gasteiger partial charge in [0.15, 0.2) is 0 Å². The highest BCUT2D eigenvalue weighted by Crippen LogP contribution is 1.92. The summed E-state index contributed by atoms with van der Waals surface area (Å²) in [4.78, 5) is 22.8. The van der Waals surface area contributed by atoms with Gasteiger partial charge in [-0.15, -0.1) is 0 Å². The molecule has 0 spiro atoms. The van der Waals surface area contributed by atoms with Crippen molar-refractivity contribution in [3.05, 3.63) is 0 Å². The Morgan fingerprint density at radius 2 is 1.60 bits per heavy atom. The molecule has 2 amide bonds. The van der Waals surface area contributed by atoms with Crippen molar-refractivity contribution >= 4 is 37.1 Å². The van der Waals surface area contributed by atoms with Crippen LogP contribution in [0.25, 0.3) is 0 Å². The minimum absolute atomic E-state index is 0.254. The van der Waals surface area contributed by atoms with Crippen LogP contribution in [0.1, 0.15) is 0 Å². The van der Waals surface area contributed by atoms with Gasteiger partial charge in [0.2, 0.25) is 11.8 Å². The molecule has 0 radical (unpaired) electrons. The first-order chi connectivity index (χ1) is 7.10. The maximum absolute atomic E-state index is 11.6. The molecule has 0 rings (SSSR count). The SMILES string of the molecule is CNC(=O)[C@@H](CS)NC(=O)C(CS)NC. The number of hydrogen-bond acceptors (Lipinski definition) is 5. The summed E-state index contributed by atoms with van der Waals surface area (Å²) in [6.07, 6.45) is 0. The zero-order chi connectivity index (χ0) is 11.8. The Morgan fingerprint density at radius 1 is 1.07 bits per heavy atom. The van der Waals surface area contributed by atoms with E-state index in [2.05, 4.69) is 41.2 Å². The van der Waals surface area contributed by atoms with E-state index < -0.39 is 12.1 Å². The van der Waals surface area contributed by atoms with Gasteiger partial charge in [-0.2, -0.15) is 25.3 Å². The molecule has 0 aliphatic rings. The molecule has 5 nitrogen and oxygen atoms in total. The lowest BCUT2D eigenvalue weighted by Gasteiger charge is -2.19. The van der Waals surface area contributed by atoms with Crippen LogP contribution < -0.4 is 16.0 Å². The fraction of sp³-hybridized carbons (Fsp3) is 0.750. The highest BCUT2D eigenvalue weighted by Gasteiger charge is 2.21. The molecule has 1 unspecified atom stereocenters. The maximum atomic E-state index is 11.6. The molecular weight excluding hydrogens is 234 g/mol. The standard InChI is InChI=1S/C8H17N3O2S2/c1-9-5(3-14)8(13)11-6(4-15)7(12)10-2/h5-6,9,14-15H,3-4H2,1-2H3,(H,10,12)(H,11,13)/t5?,6-/m1/s1. The van der Waals surface area contributed by atoms with Crippen molar-refractivity contribution in [1.82, 2.24) is 16.0 Å². The first-order valence-electron chi connectivity index (χ1n) is 4.51. The maximum Gasteiger partial charge on any atom is 0.243 e. The number of carbonyl (C=O) groups excluding carboxylic acids is 2. The molecule has 7 heteroatoms. The highest BCUT2D eigenvalue weighted by atomic mass is 32.1. The molecule has 0 aromatic heterocycles. The van der Waals surface area contributed by atoms with Crippen LogP contribution in [0, 0.1) is 0 Å². The van der Waals surface area contributed by atoms with Crippen molar-refractivity contribution in [3.8, 4) is 0 Å². The summed E-state index contributed by atoms with van der Waals surface area (Å²) in [5.74, 6) is 0.117. The Morgan fingerprint density at radius 3 is 1.93 bits per heavy atom. The molecule has 3 N–H and O–H groups in total. The van der Waals surface area contributed by atoms with E-state index in [9.17, 15) is 9.59 Å². The molecule has 2 atom stereocenters. The molecule has 15 heavy (non-hydrogen) atoms.